The molecule has 112 valence electrons. The number of hydrogen-bond donors (Lipinski definition) is 3. The van der Waals surface area contributed by atoms with Crippen LogP contribution < -0.4 is 5.32 Å². The van der Waals surface area contributed by atoms with E-state index in [9.17, 15) is 15.0 Å². The highest BCUT2D eigenvalue weighted by atomic mass is 32.1. The Kier molecular flexibility index (Phi) is 4.24. The number of aliphatic hydroxyl groups is 2. The molecule has 2 aromatic rings. The van der Waals surface area contributed by atoms with Crippen molar-refractivity contribution in [2.45, 2.75) is 31.5 Å². The van der Waals surface area contributed by atoms with Crippen LogP contribution in [0.5, 0.6) is 0 Å². The fourth-order valence-electron chi connectivity index (χ4n) is 2.84. The Morgan fingerprint density at radius 3 is 2.90 bits per heavy atom. The predicted molar refractivity (Wildman–Crippen MR) is 83.1 cm³/mol. The van der Waals surface area contributed by atoms with Crippen LogP contribution in [0, 0.1) is 5.92 Å². The lowest BCUT2D eigenvalue weighted by Gasteiger charge is -2.16. The Bertz CT molecular complexity index is 606. The molecule has 5 heteroatoms. The van der Waals surface area contributed by atoms with Gasteiger partial charge in [-0.3, -0.25) is 4.79 Å². The van der Waals surface area contributed by atoms with Crippen LogP contribution in [0.3, 0.4) is 0 Å². The van der Waals surface area contributed by atoms with E-state index in [-0.39, 0.29) is 18.4 Å². The summed E-state index contributed by atoms with van der Waals surface area (Å²) in [6, 6.07) is 9.92. The summed E-state index contributed by atoms with van der Waals surface area (Å²) < 4.78 is 1.13. The van der Waals surface area contributed by atoms with E-state index in [2.05, 4.69) is 5.32 Å². The van der Waals surface area contributed by atoms with Gasteiger partial charge in [-0.1, -0.05) is 18.2 Å². The van der Waals surface area contributed by atoms with Crippen LogP contribution in [0.1, 0.15) is 30.2 Å². The monoisotopic (exact) mass is 305 g/mol. The summed E-state index contributed by atoms with van der Waals surface area (Å²) in [7, 11) is 0. The molecule has 1 aromatic carbocycles. The second-order valence-electron chi connectivity index (χ2n) is 5.55. The van der Waals surface area contributed by atoms with Crippen LogP contribution in [0.25, 0.3) is 10.1 Å². The Morgan fingerprint density at radius 1 is 1.38 bits per heavy atom. The fraction of sp³-hybridized carbons (Fsp3) is 0.438. The van der Waals surface area contributed by atoms with Gasteiger partial charge in [0.1, 0.15) is 6.10 Å². The zero-order valence-corrected chi connectivity index (χ0v) is 12.5. The maximum Gasteiger partial charge on any atom is 0.225 e. The molecule has 1 aromatic heterocycles. The van der Waals surface area contributed by atoms with E-state index in [1.165, 1.54) is 11.3 Å². The van der Waals surface area contributed by atoms with E-state index in [4.69, 9.17) is 0 Å². The number of carbonyl (C=O) groups is 1. The van der Waals surface area contributed by atoms with Gasteiger partial charge in [0.25, 0.3) is 0 Å². The molecule has 0 spiro atoms. The third kappa shape index (κ3) is 3.10. The van der Waals surface area contributed by atoms with E-state index in [1.807, 2.05) is 30.3 Å². The first-order valence-corrected chi connectivity index (χ1v) is 8.09. The lowest BCUT2D eigenvalue weighted by molar-refractivity contribution is -0.127. The smallest absolute Gasteiger partial charge is 0.225 e. The minimum absolute atomic E-state index is 0.153. The summed E-state index contributed by atoms with van der Waals surface area (Å²) in [5.41, 5.74) is 0. The molecule has 1 amide bonds. The second kappa shape index (κ2) is 6.13. The fourth-order valence-corrected chi connectivity index (χ4v) is 3.89. The quantitative estimate of drug-likeness (QED) is 0.811. The number of carbonyl (C=O) groups excluding carboxylic acids is 1. The van der Waals surface area contributed by atoms with Gasteiger partial charge in [-0.25, -0.2) is 0 Å². The minimum atomic E-state index is -0.704. The lowest BCUT2D eigenvalue weighted by atomic mass is 10.1. The number of benzene rings is 1. The summed E-state index contributed by atoms with van der Waals surface area (Å²) in [6.45, 7) is 0.189. The molecular weight excluding hydrogens is 286 g/mol. The Morgan fingerprint density at radius 2 is 2.19 bits per heavy atom. The highest BCUT2D eigenvalue weighted by Crippen LogP contribution is 2.30. The molecule has 0 saturated heterocycles. The van der Waals surface area contributed by atoms with Gasteiger partial charge in [0.05, 0.1) is 12.0 Å². The van der Waals surface area contributed by atoms with Gasteiger partial charge in [-0.2, -0.15) is 0 Å². The maximum absolute atomic E-state index is 12.0. The molecule has 1 saturated carbocycles. The maximum atomic E-state index is 12.0. The summed E-state index contributed by atoms with van der Waals surface area (Å²) in [5, 5.41) is 23.8. The Labute approximate surface area is 127 Å². The van der Waals surface area contributed by atoms with E-state index in [1.54, 1.807) is 0 Å². The molecular formula is C16H19NO3S. The normalized spacial score (nSPS) is 23.3. The minimum Gasteiger partial charge on any atom is -0.392 e. The van der Waals surface area contributed by atoms with Crippen LogP contribution in [0.15, 0.2) is 30.3 Å². The number of rotatable bonds is 4. The van der Waals surface area contributed by atoms with Gasteiger partial charge in [-0.05, 0) is 36.8 Å². The molecule has 4 nitrogen and oxygen atoms in total. The topological polar surface area (TPSA) is 69.6 Å². The largest absolute Gasteiger partial charge is 0.392 e. The third-order valence-electron chi connectivity index (χ3n) is 4.06. The molecule has 3 atom stereocenters. The van der Waals surface area contributed by atoms with Crippen molar-refractivity contribution in [1.82, 2.24) is 5.32 Å². The number of nitrogens with one attached hydrogen (secondary N) is 1. The number of amides is 1. The van der Waals surface area contributed by atoms with Gasteiger partial charge in [-0.15, -0.1) is 11.3 Å². The number of thiophene rings is 1. The molecule has 3 rings (SSSR count). The zero-order valence-electron chi connectivity index (χ0n) is 11.7. The number of hydrogen-bond acceptors (Lipinski definition) is 4. The summed E-state index contributed by atoms with van der Waals surface area (Å²) in [6.07, 6.45) is 1.07. The van der Waals surface area contributed by atoms with Crippen LogP contribution in [0.4, 0.5) is 0 Å². The molecule has 3 N–H and O–H groups in total. The Hall–Kier alpha value is -1.43. The molecule has 1 aliphatic rings. The van der Waals surface area contributed by atoms with E-state index >= 15 is 0 Å². The number of aliphatic hydroxyl groups excluding tert-OH is 2. The second-order valence-corrected chi connectivity index (χ2v) is 6.67. The van der Waals surface area contributed by atoms with Crippen molar-refractivity contribution < 1.29 is 15.0 Å². The van der Waals surface area contributed by atoms with Crippen molar-refractivity contribution in [3.05, 3.63) is 35.2 Å². The highest BCUT2D eigenvalue weighted by molar-refractivity contribution is 7.19. The van der Waals surface area contributed by atoms with Crippen LogP contribution >= 0.6 is 11.3 Å². The van der Waals surface area contributed by atoms with E-state index in [0.717, 1.165) is 27.8 Å². The van der Waals surface area contributed by atoms with Crippen molar-refractivity contribution in [2.75, 3.05) is 6.54 Å². The molecule has 0 aliphatic heterocycles. The van der Waals surface area contributed by atoms with Crippen LogP contribution in [-0.2, 0) is 4.79 Å². The van der Waals surface area contributed by atoms with Crippen molar-refractivity contribution >= 4 is 27.3 Å². The average Bonchev–Trinajstić information content (AvgIpc) is 3.10. The highest BCUT2D eigenvalue weighted by Gasteiger charge is 2.31. The van der Waals surface area contributed by atoms with Crippen molar-refractivity contribution in [1.29, 1.82) is 0 Å². The lowest BCUT2D eigenvalue weighted by Crippen LogP contribution is -2.36. The zero-order chi connectivity index (χ0) is 14.8. The first-order chi connectivity index (χ1) is 10.1. The SMILES string of the molecule is O=C(NCC(O)c1cc2ccccc2s1)C1CCCC1O. The van der Waals surface area contributed by atoms with Gasteiger partial charge < -0.3 is 15.5 Å². The first-order valence-electron chi connectivity index (χ1n) is 7.27. The molecule has 1 aliphatic carbocycles. The third-order valence-corrected chi connectivity index (χ3v) is 5.28. The summed E-state index contributed by atoms with van der Waals surface area (Å²) in [5.74, 6) is -0.472. The summed E-state index contributed by atoms with van der Waals surface area (Å²) in [4.78, 5) is 12.8. The number of fused-ring (bicyclic) bond motifs is 1. The summed E-state index contributed by atoms with van der Waals surface area (Å²) >= 11 is 1.54. The van der Waals surface area contributed by atoms with Gasteiger partial charge in [0.15, 0.2) is 0 Å². The molecule has 1 fully saturated rings. The van der Waals surface area contributed by atoms with Crippen LogP contribution in [-0.4, -0.2) is 28.8 Å². The van der Waals surface area contributed by atoms with Crippen molar-refractivity contribution in [3.8, 4) is 0 Å². The van der Waals surface area contributed by atoms with Gasteiger partial charge in [0.2, 0.25) is 5.91 Å². The molecule has 0 radical (unpaired) electrons. The van der Waals surface area contributed by atoms with E-state index < -0.39 is 12.2 Å². The Balaban J connectivity index is 1.61. The molecule has 0 bridgehead atoms. The van der Waals surface area contributed by atoms with Gasteiger partial charge >= 0.3 is 0 Å². The standard InChI is InChI=1S/C16H19NO3S/c18-12-6-3-5-11(12)16(20)17-9-13(19)15-8-10-4-1-2-7-14(10)21-15/h1-2,4,7-8,11-13,18-19H,3,5-6,9H2,(H,17,20). The predicted octanol–water partition coefficient (Wildman–Crippen LogP) is 2.21. The van der Waals surface area contributed by atoms with Crippen LogP contribution in [0.2, 0.25) is 0 Å². The van der Waals surface area contributed by atoms with E-state index in [0.29, 0.717) is 6.42 Å². The first kappa shape index (κ1) is 14.5. The molecule has 3 unspecified atom stereocenters. The van der Waals surface area contributed by atoms with Gasteiger partial charge in [0, 0.05) is 16.1 Å². The van der Waals surface area contributed by atoms with Crippen molar-refractivity contribution in [2.24, 2.45) is 5.92 Å². The average molecular weight is 305 g/mol. The molecule has 21 heavy (non-hydrogen) atoms. The molecule has 1 heterocycles. The van der Waals surface area contributed by atoms with Crippen molar-refractivity contribution in [3.63, 3.8) is 0 Å².